The van der Waals surface area contributed by atoms with Crippen LogP contribution in [0.15, 0.2) is 36.4 Å². The van der Waals surface area contributed by atoms with Crippen molar-refractivity contribution in [3.63, 3.8) is 0 Å². The van der Waals surface area contributed by atoms with Gasteiger partial charge in [0.2, 0.25) is 5.88 Å². The first-order valence-electron chi connectivity index (χ1n) is 9.26. The Morgan fingerprint density at radius 2 is 2.10 bits per heavy atom. The summed E-state index contributed by atoms with van der Waals surface area (Å²) in [6, 6.07) is 8.42. The van der Waals surface area contributed by atoms with Gasteiger partial charge in [0.1, 0.15) is 11.4 Å². The van der Waals surface area contributed by atoms with E-state index < -0.39 is 11.9 Å². The van der Waals surface area contributed by atoms with Gasteiger partial charge in [-0.3, -0.25) is 4.79 Å². The number of aliphatic hydroxyl groups excluding tert-OH is 1. The number of halogens is 3. The summed E-state index contributed by atoms with van der Waals surface area (Å²) < 4.78 is 44.6. The highest BCUT2D eigenvalue weighted by Gasteiger charge is 2.33. The number of piperidine rings is 1. The number of nitrogens with two attached hydrogens (primary N) is 1. The molecular weight excluding hydrogens is 387 g/mol. The second-order valence-corrected chi connectivity index (χ2v) is 6.97. The number of aliphatic hydroxyl groups is 1. The molecule has 3 rings (SSSR count). The number of hydrogen-bond donors (Lipinski definition) is 2. The average molecular weight is 409 g/mol. The van der Waals surface area contributed by atoms with Crippen molar-refractivity contribution >= 4 is 5.91 Å². The number of alkyl halides is 3. The largest absolute Gasteiger partial charge is 0.439 e. The van der Waals surface area contributed by atoms with Gasteiger partial charge in [0.25, 0.3) is 5.91 Å². The predicted molar refractivity (Wildman–Crippen MR) is 99.4 cm³/mol. The first-order chi connectivity index (χ1) is 13.8. The van der Waals surface area contributed by atoms with Gasteiger partial charge in [-0.15, -0.1) is 0 Å². The lowest BCUT2D eigenvalue weighted by molar-refractivity contribution is -0.141. The third kappa shape index (κ3) is 5.24. The Balaban J connectivity index is 1.80. The monoisotopic (exact) mass is 409 g/mol. The number of amides is 1. The normalized spacial score (nSPS) is 17.3. The Hall–Kier alpha value is -2.65. The SMILES string of the molecule is NCc1cc(Oc2cccc(C(=O)N3CCC[C@H](CO)C3)c2)nc(C(F)(F)F)c1. The molecule has 1 amide bonds. The highest BCUT2D eigenvalue weighted by Crippen LogP contribution is 2.31. The summed E-state index contributed by atoms with van der Waals surface area (Å²) in [4.78, 5) is 17.9. The van der Waals surface area contributed by atoms with Gasteiger partial charge in [0.05, 0.1) is 0 Å². The minimum absolute atomic E-state index is 0.0254. The molecule has 3 N–H and O–H groups in total. The van der Waals surface area contributed by atoms with Crippen molar-refractivity contribution in [2.45, 2.75) is 25.6 Å². The molecule has 0 radical (unpaired) electrons. The first-order valence-corrected chi connectivity index (χ1v) is 9.26. The van der Waals surface area contributed by atoms with Gasteiger partial charge in [-0.2, -0.15) is 13.2 Å². The van der Waals surface area contributed by atoms with Crippen LogP contribution in [0.4, 0.5) is 13.2 Å². The van der Waals surface area contributed by atoms with Crippen LogP contribution in [0.3, 0.4) is 0 Å². The van der Waals surface area contributed by atoms with Crippen molar-refractivity contribution in [3.05, 3.63) is 53.2 Å². The lowest BCUT2D eigenvalue weighted by Gasteiger charge is -2.32. The van der Waals surface area contributed by atoms with E-state index in [1.807, 2.05) is 0 Å². The van der Waals surface area contributed by atoms with Gasteiger partial charge < -0.3 is 20.5 Å². The molecule has 0 bridgehead atoms. The Bertz CT molecular complexity index is 874. The minimum atomic E-state index is -4.63. The topological polar surface area (TPSA) is 88.7 Å². The summed E-state index contributed by atoms with van der Waals surface area (Å²) in [7, 11) is 0. The summed E-state index contributed by atoms with van der Waals surface area (Å²) in [6.07, 6.45) is -2.95. The van der Waals surface area contributed by atoms with Crippen LogP contribution in [-0.4, -0.2) is 40.6 Å². The Morgan fingerprint density at radius 3 is 2.79 bits per heavy atom. The summed E-state index contributed by atoms with van der Waals surface area (Å²) in [5.41, 5.74) is 4.97. The van der Waals surface area contributed by atoms with Gasteiger partial charge in [-0.05, 0) is 48.6 Å². The molecule has 2 heterocycles. The fourth-order valence-corrected chi connectivity index (χ4v) is 3.27. The lowest BCUT2D eigenvalue weighted by Crippen LogP contribution is -2.40. The van der Waals surface area contributed by atoms with Crippen LogP contribution in [0.5, 0.6) is 11.6 Å². The molecule has 6 nitrogen and oxygen atoms in total. The second-order valence-electron chi connectivity index (χ2n) is 6.97. The van der Waals surface area contributed by atoms with Crippen molar-refractivity contribution in [2.75, 3.05) is 19.7 Å². The zero-order valence-electron chi connectivity index (χ0n) is 15.7. The molecule has 156 valence electrons. The van der Waals surface area contributed by atoms with E-state index in [1.54, 1.807) is 17.0 Å². The number of carbonyl (C=O) groups is 1. The summed E-state index contributed by atoms with van der Waals surface area (Å²) in [5.74, 6) is -0.214. The molecule has 29 heavy (non-hydrogen) atoms. The number of nitrogens with zero attached hydrogens (tertiary/aromatic N) is 2. The van der Waals surface area contributed by atoms with Crippen molar-refractivity contribution in [2.24, 2.45) is 11.7 Å². The molecule has 0 spiro atoms. The Kier molecular flexibility index (Phi) is 6.39. The van der Waals surface area contributed by atoms with E-state index in [1.165, 1.54) is 18.2 Å². The van der Waals surface area contributed by atoms with E-state index in [4.69, 9.17) is 10.5 Å². The fourth-order valence-electron chi connectivity index (χ4n) is 3.27. The number of ether oxygens (including phenoxy) is 1. The highest BCUT2D eigenvalue weighted by molar-refractivity contribution is 5.94. The third-order valence-corrected chi connectivity index (χ3v) is 4.76. The maximum Gasteiger partial charge on any atom is 0.433 e. The zero-order valence-corrected chi connectivity index (χ0v) is 15.7. The van der Waals surface area contributed by atoms with Crippen LogP contribution in [0.1, 0.15) is 34.5 Å². The van der Waals surface area contributed by atoms with Crippen LogP contribution in [0.25, 0.3) is 0 Å². The predicted octanol–water partition coefficient (Wildman–Crippen LogP) is 3.20. The number of benzene rings is 1. The molecule has 1 saturated heterocycles. The summed E-state index contributed by atoms with van der Waals surface area (Å²) >= 11 is 0. The minimum Gasteiger partial charge on any atom is -0.439 e. The van der Waals surface area contributed by atoms with E-state index in [0.29, 0.717) is 18.7 Å². The van der Waals surface area contributed by atoms with Crippen LogP contribution >= 0.6 is 0 Å². The Morgan fingerprint density at radius 1 is 1.31 bits per heavy atom. The number of carbonyl (C=O) groups excluding carboxylic acids is 1. The van der Waals surface area contributed by atoms with Gasteiger partial charge in [-0.25, -0.2) is 4.98 Å². The average Bonchev–Trinajstić information content (AvgIpc) is 2.72. The molecular formula is C20H22F3N3O3. The maximum atomic E-state index is 13.0. The standard InChI is InChI=1S/C20H22F3N3O3/c21-20(22,23)17-7-14(10-24)8-18(25-17)29-16-5-1-4-15(9-16)19(28)26-6-2-3-13(11-26)12-27/h1,4-5,7-9,13,27H,2-3,6,10-12,24H2/t13-/m0/s1. The maximum absolute atomic E-state index is 13.0. The van der Waals surface area contributed by atoms with Crippen molar-refractivity contribution in [1.82, 2.24) is 9.88 Å². The van der Waals surface area contributed by atoms with Gasteiger partial charge in [0, 0.05) is 37.9 Å². The van der Waals surface area contributed by atoms with Gasteiger partial charge in [-0.1, -0.05) is 6.07 Å². The molecule has 9 heteroatoms. The molecule has 0 aliphatic carbocycles. The van der Waals surface area contributed by atoms with Crippen molar-refractivity contribution in [1.29, 1.82) is 0 Å². The number of likely N-dealkylation sites (tertiary alicyclic amines) is 1. The molecule has 1 aliphatic heterocycles. The van der Waals surface area contributed by atoms with E-state index in [9.17, 15) is 23.1 Å². The number of rotatable bonds is 5. The highest BCUT2D eigenvalue weighted by atomic mass is 19.4. The van der Waals surface area contributed by atoms with Crippen LogP contribution in [0, 0.1) is 5.92 Å². The second kappa shape index (κ2) is 8.79. The van der Waals surface area contributed by atoms with Crippen LogP contribution < -0.4 is 10.5 Å². The van der Waals surface area contributed by atoms with Crippen molar-refractivity contribution in [3.8, 4) is 11.6 Å². The van der Waals surface area contributed by atoms with Gasteiger partial charge in [0.15, 0.2) is 0 Å². The summed E-state index contributed by atoms with van der Waals surface area (Å²) in [5, 5.41) is 9.34. The first kappa shape index (κ1) is 21.1. The molecule has 0 saturated carbocycles. The molecule has 1 aromatic carbocycles. The van der Waals surface area contributed by atoms with Crippen LogP contribution in [0.2, 0.25) is 0 Å². The lowest BCUT2D eigenvalue weighted by atomic mass is 9.98. The molecule has 1 aromatic heterocycles. The van der Waals surface area contributed by atoms with Crippen molar-refractivity contribution < 1.29 is 27.8 Å². The molecule has 1 atom stereocenters. The number of aromatic nitrogens is 1. The van der Waals surface area contributed by atoms with Crippen LogP contribution in [-0.2, 0) is 12.7 Å². The van der Waals surface area contributed by atoms with E-state index >= 15 is 0 Å². The molecule has 0 unspecified atom stereocenters. The van der Waals surface area contributed by atoms with Gasteiger partial charge >= 0.3 is 6.18 Å². The smallest absolute Gasteiger partial charge is 0.433 e. The quantitative estimate of drug-likeness (QED) is 0.792. The van der Waals surface area contributed by atoms with E-state index in [2.05, 4.69) is 4.98 Å². The van der Waals surface area contributed by atoms with E-state index in [0.717, 1.165) is 18.9 Å². The number of pyridine rings is 1. The third-order valence-electron chi connectivity index (χ3n) is 4.76. The molecule has 1 aliphatic rings. The van der Waals surface area contributed by atoms with E-state index in [-0.39, 0.29) is 42.2 Å². The summed E-state index contributed by atoms with van der Waals surface area (Å²) in [6.45, 7) is 0.990. The Labute approximate surface area is 166 Å². The number of hydrogen-bond acceptors (Lipinski definition) is 5. The molecule has 1 fully saturated rings. The fraction of sp³-hybridized carbons (Fsp3) is 0.400. The molecule has 2 aromatic rings. The zero-order chi connectivity index (χ0) is 21.0.